The second kappa shape index (κ2) is 29.9. The first-order valence-corrected chi connectivity index (χ1v) is 36.6. The Morgan fingerprint density at radius 1 is 0.449 bits per heavy atom. The maximum atomic E-state index is 13.3. The van der Waals surface area contributed by atoms with Crippen molar-refractivity contribution in [2.45, 2.75) is 131 Å². The number of aromatic nitrogens is 3. The molecule has 3 aliphatic heterocycles. The first kappa shape index (κ1) is 73.2. The van der Waals surface area contributed by atoms with Crippen molar-refractivity contribution in [2.24, 2.45) is 0 Å². The van der Waals surface area contributed by atoms with E-state index in [0.29, 0.717) is 37.6 Å². The van der Waals surface area contributed by atoms with E-state index in [1.165, 1.54) is 16.7 Å². The number of ketones is 1. The maximum Gasteiger partial charge on any atom is 0.337 e. The summed E-state index contributed by atoms with van der Waals surface area (Å²) in [6.45, 7) is 23.8. The largest absolute Gasteiger partial charge is 0.493 e. The van der Waals surface area contributed by atoms with Crippen LogP contribution in [0.2, 0.25) is 0 Å². The van der Waals surface area contributed by atoms with Gasteiger partial charge in [-0.3, -0.25) is 19.7 Å². The number of aliphatic carboxylic acids is 2. The van der Waals surface area contributed by atoms with Gasteiger partial charge in [0.2, 0.25) is 0 Å². The number of carbonyl (C=O) groups is 3. The normalized spacial score (nSPS) is 14.2. The number of aryl methyl sites for hydroxylation is 2. The van der Waals surface area contributed by atoms with Crippen molar-refractivity contribution in [3.8, 4) is 50.6 Å². The van der Waals surface area contributed by atoms with Gasteiger partial charge in [0, 0.05) is 101 Å². The standard InChI is InChI=1S/C32H29NO3.C30H31NO5.C29H29NO5/c1-19(34)31(36-32(2,3)4)29-24-12-8-6-10-22(24)21-9-5-7-11-23(21)28(29)25-13-14-26-27-20(16-18-35-26)15-17-33-30(25)27;1-5-34-17-30(3,4)36-28(29(32)33)24-18(2)16-20-8-6-7-9-21(20)26(24)22-10-11-23-25-19(13-15-35-23)12-14-31-27(22)25;1-17-15-19-7-5-6-8-20(19)25(23(17)27(28(31)32)35-29(2,3)16-33-4)21-9-10-22-24-18(12-14-34-22)11-13-30-26(21)24/h5-15,17,31H,16,18H2,1-4H3;6-12,14,16,28H,5,13,15,17H2,1-4H3,(H,32,33);5-11,13,15,27H,12,14,16H2,1-4H3,(H,31,32)/t31-;28-;27-/m100/s1. The molecule has 10 aromatic carbocycles. The number of rotatable bonds is 19. The maximum absolute atomic E-state index is 13.3. The quantitative estimate of drug-likeness (QED) is 0.0723. The molecule has 0 aliphatic carbocycles. The fourth-order valence-electron chi connectivity index (χ4n) is 15.9. The van der Waals surface area contributed by atoms with E-state index in [4.69, 9.17) is 52.8 Å². The fraction of sp³-hybridized carbons (Fsp3) is 0.297. The van der Waals surface area contributed by atoms with Gasteiger partial charge in [0.25, 0.3) is 0 Å². The van der Waals surface area contributed by atoms with Crippen LogP contribution in [0.25, 0.3) is 109 Å². The average Bonchev–Trinajstić information content (AvgIpc) is 0.725. The number of benzene rings is 10. The van der Waals surface area contributed by atoms with Gasteiger partial charge in [0.05, 0.1) is 66.4 Å². The van der Waals surface area contributed by atoms with Gasteiger partial charge in [-0.15, -0.1) is 0 Å². The summed E-state index contributed by atoms with van der Waals surface area (Å²) in [6, 6.07) is 55.1. The lowest BCUT2D eigenvalue weighted by molar-refractivity contribution is -0.168. The van der Waals surface area contributed by atoms with Crippen molar-refractivity contribution in [1.29, 1.82) is 0 Å². The zero-order valence-corrected chi connectivity index (χ0v) is 62.6. The number of hydrogen-bond acceptors (Lipinski definition) is 14. The van der Waals surface area contributed by atoms with Gasteiger partial charge in [-0.25, -0.2) is 9.59 Å². The van der Waals surface area contributed by atoms with E-state index in [1.807, 2.05) is 203 Å². The van der Waals surface area contributed by atoms with E-state index >= 15 is 0 Å². The second-order valence-electron chi connectivity index (χ2n) is 30.0. The van der Waals surface area contributed by atoms with Crippen molar-refractivity contribution >= 4 is 93.5 Å². The minimum absolute atomic E-state index is 0.0226. The van der Waals surface area contributed by atoms with Crippen molar-refractivity contribution in [3.05, 3.63) is 227 Å². The molecular weight excluding hydrogens is 1340 g/mol. The highest BCUT2D eigenvalue weighted by Crippen LogP contribution is 2.51. The number of ether oxygens (including phenoxy) is 8. The van der Waals surface area contributed by atoms with Crippen molar-refractivity contribution in [2.75, 3.05) is 46.8 Å². The second-order valence-corrected chi connectivity index (χ2v) is 30.0. The van der Waals surface area contributed by atoms with E-state index in [1.54, 1.807) is 14.0 Å². The number of Topliss-reactive ketones (excluding diaryl/α,β-unsaturated/α-hetero) is 1. The number of hydrogen-bond donors (Lipinski definition) is 2. The molecule has 0 saturated carbocycles. The van der Waals surface area contributed by atoms with Crippen LogP contribution in [0.15, 0.2) is 182 Å². The number of carboxylic acid groups (broad SMARTS) is 2. The van der Waals surface area contributed by atoms with Crippen LogP contribution in [-0.2, 0) is 57.3 Å². The van der Waals surface area contributed by atoms with E-state index in [2.05, 4.69) is 48.5 Å². The smallest absolute Gasteiger partial charge is 0.337 e. The summed E-state index contributed by atoms with van der Waals surface area (Å²) in [7, 11) is 1.58. The molecule has 2 N–H and O–H groups in total. The Kier molecular flexibility index (Phi) is 20.5. The number of nitrogens with zero attached hydrogens (tertiary/aromatic N) is 3. The van der Waals surface area contributed by atoms with Crippen LogP contribution in [0.4, 0.5) is 0 Å². The van der Waals surface area contributed by atoms with E-state index in [9.17, 15) is 24.6 Å². The van der Waals surface area contributed by atoms with Gasteiger partial charge in [-0.2, -0.15) is 0 Å². The van der Waals surface area contributed by atoms with Gasteiger partial charge in [0.1, 0.15) is 23.4 Å². The Hall–Kier alpha value is -10.7. The Labute approximate surface area is 622 Å². The van der Waals surface area contributed by atoms with Crippen LogP contribution in [-0.4, -0.2) is 106 Å². The van der Waals surface area contributed by atoms with Crippen LogP contribution in [0.5, 0.6) is 17.2 Å². The molecule has 16 rings (SSSR count). The molecule has 3 atom stereocenters. The first-order chi connectivity index (χ1) is 51.4. The minimum Gasteiger partial charge on any atom is -0.493 e. The van der Waals surface area contributed by atoms with Crippen LogP contribution in [0.3, 0.4) is 0 Å². The summed E-state index contributed by atoms with van der Waals surface area (Å²) in [5.41, 5.74) is 13.2. The molecule has 0 radical (unpaired) electrons. The lowest BCUT2D eigenvalue weighted by atomic mass is 9.83. The van der Waals surface area contributed by atoms with Crippen molar-refractivity contribution in [1.82, 2.24) is 15.0 Å². The van der Waals surface area contributed by atoms with Gasteiger partial charge < -0.3 is 48.1 Å². The zero-order chi connectivity index (χ0) is 75.2. The number of fused-ring (bicyclic) bond motifs is 5. The molecule has 0 saturated heterocycles. The van der Waals surface area contributed by atoms with Crippen molar-refractivity contribution in [3.63, 3.8) is 0 Å². The van der Waals surface area contributed by atoms with Crippen LogP contribution >= 0.6 is 0 Å². The zero-order valence-electron chi connectivity index (χ0n) is 62.6. The SMILES string of the molecule is CC(=O)[C@@H](OC(C)(C)C)c1c(-c2ccc3c4c(ccnc24)CCO3)c2ccccc2c2ccccc12.CCOCC(C)(C)O[C@H](C(=O)O)c1c(C)cc2ccccc2c1-c1ccc2c3c(ccnc13)CCO2.COCC(C)(C)O[C@H](C(=O)O)c1c(C)cc2ccccc2c1-c1ccc2c3c(ccnc13)CCO2. The fourth-order valence-corrected chi connectivity index (χ4v) is 15.9. The van der Waals surface area contributed by atoms with Gasteiger partial charge in [-0.05, 0) is 218 Å². The lowest BCUT2D eigenvalue weighted by Crippen LogP contribution is -2.35. The first-order valence-electron chi connectivity index (χ1n) is 36.6. The molecule has 107 heavy (non-hydrogen) atoms. The molecule has 0 unspecified atom stereocenters. The molecule has 0 bridgehead atoms. The number of pyridine rings is 3. The van der Waals surface area contributed by atoms with Crippen LogP contribution in [0.1, 0.15) is 125 Å². The lowest BCUT2D eigenvalue weighted by Gasteiger charge is -2.31. The Morgan fingerprint density at radius 2 is 0.813 bits per heavy atom. The molecule has 16 nitrogen and oxygen atoms in total. The summed E-state index contributed by atoms with van der Waals surface area (Å²) >= 11 is 0. The Balaban J connectivity index is 0.000000135. The summed E-state index contributed by atoms with van der Waals surface area (Å²) < 4.78 is 47.8. The minimum atomic E-state index is -1.19. The molecular formula is C91H89N3O13. The van der Waals surface area contributed by atoms with Gasteiger partial charge in [-0.1, -0.05) is 109 Å². The Bertz CT molecular complexity index is 5630. The summed E-state index contributed by atoms with van der Waals surface area (Å²) in [6.07, 6.45) is 4.88. The molecule has 3 aromatic heterocycles. The van der Waals surface area contributed by atoms with E-state index in [0.717, 1.165) is 162 Å². The number of carbonyl (C=O) groups excluding carboxylic acids is 1. The molecule has 0 spiro atoms. The third-order valence-corrected chi connectivity index (χ3v) is 20.2. The number of carboxylic acids is 2. The monoisotopic (exact) mass is 1430 g/mol. The Morgan fingerprint density at radius 3 is 1.20 bits per heavy atom. The summed E-state index contributed by atoms with van der Waals surface area (Å²) in [5.74, 6) is 0.370. The van der Waals surface area contributed by atoms with Gasteiger partial charge >= 0.3 is 11.9 Å². The van der Waals surface area contributed by atoms with Gasteiger partial charge in [0.15, 0.2) is 18.0 Å². The van der Waals surface area contributed by atoms with Crippen LogP contribution < -0.4 is 14.2 Å². The van der Waals surface area contributed by atoms with Crippen molar-refractivity contribution < 1.29 is 62.5 Å². The third-order valence-electron chi connectivity index (χ3n) is 20.2. The highest BCUT2D eigenvalue weighted by molar-refractivity contribution is 6.20. The highest BCUT2D eigenvalue weighted by atomic mass is 16.6. The molecule has 16 heteroatoms. The van der Waals surface area contributed by atoms with E-state index < -0.39 is 47.1 Å². The van der Waals surface area contributed by atoms with Crippen LogP contribution in [0, 0.1) is 13.8 Å². The summed E-state index contributed by atoms with van der Waals surface area (Å²) in [4.78, 5) is 53.1. The molecule has 6 heterocycles. The van der Waals surface area contributed by atoms with E-state index in [-0.39, 0.29) is 19.0 Å². The highest BCUT2D eigenvalue weighted by Gasteiger charge is 2.38. The summed E-state index contributed by atoms with van der Waals surface area (Å²) in [5, 5.41) is 32.1. The third kappa shape index (κ3) is 14.4. The molecule has 0 amide bonds. The molecule has 0 fully saturated rings. The molecule has 3 aliphatic rings. The average molecular weight is 1430 g/mol. The predicted molar refractivity (Wildman–Crippen MR) is 422 cm³/mol. The predicted octanol–water partition coefficient (Wildman–Crippen LogP) is 19.7. The number of methoxy groups -OCH3 is 1. The topological polar surface area (TPSA) is 204 Å². The molecule has 546 valence electrons. The molecule has 13 aromatic rings.